The minimum atomic E-state index is 0.356. The Kier molecular flexibility index (Phi) is 3.06. The van der Waals surface area contributed by atoms with Crippen LogP contribution in [0, 0.1) is 0 Å². The highest BCUT2D eigenvalue weighted by Crippen LogP contribution is 2.33. The fraction of sp³-hybridized carbons (Fsp3) is 0.286. The van der Waals surface area contributed by atoms with E-state index < -0.39 is 0 Å². The van der Waals surface area contributed by atoms with Crippen LogP contribution >= 0.6 is 11.8 Å². The molecule has 19 heavy (non-hydrogen) atoms. The van der Waals surface area contributed by atoms with Crippen LogP contribution in [0.1, 0.15) is 22.4 Å². The van der Waals surface area contributed by atoms with Crippen LogP contribution in [0.2, 0.25) is 0 Å². The zero-order valence-electron chi connectivity index (χ0n) is 10.9. The van der Waals surface area contributed by atoms with E-state index in [1.165, 1.54) is 16.7 Å². The molecule has 0 unspecified atom stereocenters. The first-order valence-corrected chi connectivity index (χ1v) is 7.28. The Bertz CT molecular complexity index is 643. The summed E-state index contributed by atoms with van der Waals surface area (Å²) < 4.78 is 5.28. The van der Waals surface area contributed by atoms with Crippen molar-refractivity contribution in [3.63, 3.8) is 0 Å². The second-order valence-electron chi connectivity index (χ2n) is 4.50. The van der Waals surface area contributed by atoms with Crippen LogP contribution in [0.15, 0.2) is 23.2 Å². The Morgan fingerprint density at radius 2 is 2.05 bits per heavy atom. The molecule has 1 heterocycles. The van der Waals surface area contributed by atoms with E-state index in [1.807, 2.05) is 12.3 Å². The van der Waals surface area contributed by atoms with Crippen molar-refractivity contribution < 1.29 is 4.74 Å². The molecule has 98 valence electrons. The summed E-state index contributed by atoms with van der Waals surface area (Å²) in [4.78, 5) is 8.71. The van der Waals surface area contributed by atoms with Crippen LogP contribution in [-0.2, 0) is 12.8 Å². The van der Waals surface area contributed by atoms with Gasteiger partial charge >= 0.3 is 0 Å². The molecule has 3 rings (SSSR count). The van der Waals surface area contributed by atoms with Crippen molar-refractivity contribution >= 4 is 17.7 Å². The van der Waals surface area contributed by atoms with Gasteiger partial charge in [0.25, 0.3) is 0 Å². The summed E-state index contributed by atoms with van der Waals surface area (Å²) >= 11 is 1.62. The van der Waals surface area contributed by atoms with Gasteiger partial charge in [0, 0.05) is 18.4 Å². The van der Waals surface area contributed by atoms with Gasteiger partial charge in [-0.3, -0.25) is 0 Å². The highest BCUT2D eigenvalue weighted by molar-refractivity contribution is 7.98. The molecule has 2 N–H and O–H groups in total. The number of nitrogen functional groups attached to an aromatic ring is 1. The molecule has 0 bridgehead atoms. The Balaban J connectivity index is 2.08. The van der Waals surface area contributed by atoms with E-state index in [0.29, 0.717) is 5.95 Å². The molecule has 0 spiro atoms. The lowest BCUT2D eigenvalue weighted by atomic mass is 9.89. The summed E-state index contributed by atoms with van der Waals surface area (Å²) in [5.74, 6) is 1.24. The Morgan fingerprint density at radius 1 is 1.21 bits per heavy atom. The number of rotatable bonds is 2. The number of methoxy groups -OCH3 is 1. The van der Waals surface area contributed by atoms with Crippen molar-refractivity contribution in [2.24, 2.45) is 0 Å². The van der Waals surface area contributed by atoms with Crippen molar-refractivity contribution in [1.82, 2.24) is 9.97 Å². The van der Waals surface area contributed by atoms with Crippen LogP contribution in [0.5, 0.6) is 5.75 Å². The molecular formula is C14H15N3OS. The number of nitrogens with two attached hydrogens (primary N) is 1. The fourth-order valence-electron chi connectivity index (χ4n) is 2.46. The number of thioether (sulfide) groups is 1. The van der Waals surface area contributed by atoms with Crippen LogP contribution in [0.4, 0.5) is 5.95 Å². The quantitative estimate of drug-likeness (QED) is 0.573. The van der Waals surface area contributed by atoms with Crippen molar-refractivity contribution in [2.45, 2.75) is 17.9 Å². The summed E-state index contributed by atoms with van der Waals surface area (Å²) in [6.07, 6.45) is 3.68. The molecule has 0 saturated heterocycles. The van der Waals surface area contributed by atoms with Crippen LogP contribution in [0.3, 0.4) is 0 Å². The maximum Gasteiger partial charge on any atom is 0.221 e. The molecule has 5 heteroatoms. The van der Waals surface area contributed by atoms with E-state index in [1.54, 1.807) is 18.9 Å². The average molecular weight is 273 g/mol. The topological polar surface area (TPSA) is 61.0 Å². The normalized spacial score (nSPS) is 12.7. The van der Waals surface area contributed by atoms with Crippen molar-refractivity contribution in [1.29, 1.82) is 0 Å². The highest BCUT2D eigenvalue weighted by atomic mass is 32.2. The molecule has 1 aromatic heterocycles. The molecule has 2 aromatic rings. The van der Waals surface area contributed by atoms with Crippen molar-refractivity contribution in [3.05, 3.63) is 40.6 Å². The van der Waals surface area contributed by atoms with Gasteiger partial charge in [0.2, 0.25) is 5.95 Å². The lowest BCUT2D eigenvalue weighted by molar-refractivity contribution is 0.414. The molecule has 0 atom stereocenters. The molecule has 1 aromatic carbocycles. The molecule has 0 saturated carbocycles. The third-order valence-electron chi connectivity index (χ3n) is 3.40. The Labute approximate surface area is 116 Å². The lowest BCUT2D eigenvalue weighted by Crippen LogP contribution is -2.13. The number of nitrogens with zero attached hydrogens (tertiary/aromatic N) is 2. The summed E-state index contributed by atoms with van der Waals surface area (Å²) in [6.45, 7) is 0. The molecule has 1 aliphatic rings. The van der Waals surface area contributed by atoms with Gasteiger partial charge in [-0.25, -0.2) is 9.97 Å². The summed E-state index contributed by atoms with van der Waals surface area (Å²) in [5.41, 5.74) is 10.6. The number of hydrogen-bond acceptors (Lipinski definition) is 5. The van der Waals surface area contributed by atoms with Crippen LogP contribution < -0.4 is 10.5 Å². The van der Waals surface area contributed by atoms with Crippen LogP contribution in [-0.4, -0.2) is 23.3 Å². The first kappa shape index (κ1) is 12.3. The summed E-state index contributed by atoms with van der Waals surface area (Å²) in [6, 6.07) is 6.20. The van der Waals surface area contributed by atoms with Gasteiger partial charge in [0.15, 0.2) is 0 Å². The standard InChI is InChI=1S/C14H15N3OS/c1-18-10-4-3-8-6-11-12(7-9(8)5-10)16-14(15)17-13(11)19-2/h3-5H,6-7H2,1-2H3,(H2,15,16,17). The number of fused-ring (bicyclic) bond motifs is 2. The smallest absolute Gasteiger partial charge is 0.221 e. The lowest BCUT2D eigenvalue weighted by Gasteiger charge is -2.21. The zero-order valence-corrected chi connectivity index (χ0v) is 11.8. The van der Waals surface area contributed by atoms with Gasteiger partial charge in [-0.15, -0.1) is 11.8 Å². The minimum absolute atomic E-state index is 0.356. The predicted molar refractivity (Wildman–Crippen MR) is 76.8 cm³/mol. The third kappa shape index (κ3) is 2.14. The van der Waals surface area contributed by atoms with Crippen molar-refractivity contribution in [2.75, 3.05) is 19.1 Å². The Hall–Kier alpha value is -1.75. The SMILES string of the molecule is COc1ccc2c(c1)Cc1nc(N)nc(SC)c1C2. The van der Waals surface area contributed by atoms with Gasteiger partial charge in [0.05, 0.1) is 12.8 Å². The highest BCUT2D eigenvalue weighted by Gasteiger charge is 2.21. The predicted octanol–water partition coefficient (Wildman–Crippen LogP) is 2.28. The largest absolute Gasteiger partial charge is 0.497 e. The van der Waals surface area contributed by atoms with E-state index in [4.69, 9.17) is 10.5 Å². The number of ether oxygens (including phenoxy) is 1. The second kappa shape index (κ2) is 4.74. The first-order valence-electron chi connectivity index (χ1n) is 6.06. The monoisotopic (exact) mass is 273 g/mol. The second-order valence-corrected chi connectivity index (χ2v) is 5.30. The first-order chi connectivity index (χ1) is 9.21. The number of anilines is 1. The fourth-order valence-corrected chi connectivity index (χ4v) is 3.08. The van der Waals surface area contributed by atoms with Gasteiger partial charge in [0.1, 0.15) is 10.8 Å². The molecule has 4 nitrogen and oxygen atoms in total. The molecule has 0 amide bonds. The minimum Gasteiger partial charge on any atom is -0.497 e. The Morgan fingerprint density at radius 3 is 2.79 bits per heavy atom. The summed E-state index contributed by atoms with van der Waals surface area (Å²) in [7, 11) is 1.69. The van der Waals surface area contributed by atoms with E-state index >= 15 is 0 Å². The third-order valence-corrected chi connectivity index (χ3v) is 4.13. The average Bonchev–Trinajstić information content (AvgIpc) is 2.43. The zero-order chi connectivity index (χ0) is 13.4. The maximum atomic E-state index is 5.77. The van der Waals surface area contributed by atoms with E-state index in [2.05, 4.69) is 22.1 Å². The van der Waals surface area contributed by atoms with Crippen LogP contribution in [0.25, 0.3) is 0 Å². The van der Waals surface area contributed by atoms with Gasteiger partial charge < -0.3 is 10.5 Å². The number of benzene rings is 1. The maximum absolute atomic E-state index is 5.77. The number of aromatic nitrogens is 2. The molecular weight excluding hydrogens is 258 g/mol. The molecule has 0 radical (unpaired) electrons. The van der Waals surface area contributed by atoms with Gasteiger partial charge in [-0.1, -0.05) is 6.07 Å². The molecule has 0 fully saturated rings. The van der Waals surface area contributed by atoms with E-state index in [9.17, 15) is 0 Å². The van der Waals surface area contributed by atoms with Crippen molar-refractivity contribution in [3.8, 4) is 5.75 Å². The van der Waals surface area contributed by atoms with E-state index in [0.717, 1.165) is 29.3 Å². The van der Waals surface area contributed by atoms with Gasteiger partial charge in [-0.05, 0) is 29.5 Å². The number of hydrogen-bond donors (Lipinski definition) is 1. The molecule has 0 aliphatic heterocycles. The molecule has 1 aliphatic carbocycles. The van der Waals surface area contributed by atoms with E-state index in [-0.39, 0.29) is 0 Å². The summed E-state index contributed by atoms with van der Waals surface area (Å²) in [5, 5.41) is 0.990. The van der Waals surface area contributed by atoms with Gasteiger partial charge in [-0.2, -0.15) is 0 Å².